The fourth-order valence-corrected chi connectivity index (χ4v) is 1.97. The number of aromatic nitrogens is 2. The average Bonchev–Trinajstić information content (AvgIpc) is 2.88. The molecule has 106 valence electrons. The van der Waals surface area contributed by atoms with Gasteiger partial charge in [0.1, 0.15) is 5.69 Å². The Morgan fingerprint density at radius 3 is 2.95 bits per heavy atom. The maximum atomic E-state index is 11.9. The third-order valence-electron chi connectivity index (χ3n) is 2.82. The molecule has 1 heterocycles. The Morgan fingerprint density at radius 1 is 1.50 bits per heavy atom. The van der Waals surface area contributed by atoms with E-state index in [1.165, 1.54) is 0 Å². The van der Waals surface area contributed by atoms with Gasteiger partial charge in [0.15, 0.2) is 0 Å². The molecule has 2 aromatic rings. The number of aromatic amines is 1. The summed E-state index contributed by atoms with van der Waals surface area (Å²) in [6, 6.07) is 8.96. The number of carbonyl (C=O) groups is 1. The van der Waals surface area contributed by atoms with E-state index in [0.29, 0.717) is 29.4 Å². The van der Waals surface area contributed by atoms with Crippen LogP contribution in [0.3, 0.4) is 0 Å². The Bertz CT molecular complexity index is 596. The molecule has 0 bridgehead atoms. The van der Waals surface area contributed by atoms with Gasteiger partial charge in [0, 0.05) is 12.1 Å². The molecule has 1 aromatic carbocycles. The molecule has 0 saturated carbocycles. The van der Waals surface area contributed by atoms with Crippen LogP contribution in [0.5, 0.6) is 0 Å². The highest BCUT2D eigenvalue weighted by Gasteiger charge is 2.12. The quantitative estimate of drug-likeness (QED) is 0.791. The van der Waals surface area contributed by atoms with Gasteiger partial charge in [-0.1, -0.05) is 29.8 Å². The molecule has 2 rings (SSSR count). The number of hydrogen-bond acceptors (Lipinski definition) is 3. The van der Waals surface area contributed by atoms with Crippen molar-refractivity contribution in [3.63, 3.8) is 0 Å². The van der Waals surface area contributed by atoms with Gasteiger partial charge in [-0.2, -0.15) is 5.10 Å². The molecule has 0 fully saturated rings. The van der Waals surface area contributed by atoms with E-state index in [1.807, 2.05) is 18.2 Å². The highest BCUT2D eigenvalue weighted by Crippen LogP contribution is 2.26. The average molecular weight is 294 g/mol. The van der Waals surface area contributed by atoms with Gasteiger partial charge in [-0.25, -0.2) is 0 Å². The number of nitrogens with zero attached hydrogens (tertiary/aromatic N) is 1. The van der Waals surface area contributed by atoms with E-state index in [-0.39, 0.29) is 5.91 Å². The predicted octanol–water partition coefficient (Wildman–Crippen LogP) is 2.23. The SMILES string of the molecule is CC(O)CCNC(=O)c1cc(-c2ccccc2Cl)n[nH]1. The van der Waals surface area contributed by atoms with Crippen LogP contribution >= 0.6 is 11.6 Å². The molecular formula is C14H16ClN3O2. The molecule has 20 heavy (non-hydrogen) atoms. The van der Waals surface area contributed by atoms with Crippen LogP contribution in [0.15, 0.2) is 30.3 Å². The Labute approximate surface area is 122 Å². The van der Waals surface area contributed by atoms with Crippen molar-refractivity contribution in [2.45, 2.75) is 19.4 Å². The van der Waals surface area contributed by atoms with Crippen LogP contribution in [-0.4, -0.2) is 33.9 Å². The summed E-state index contributed by atoms with van der Waals surface area (Å²) in [5.41, 5.74) is 1.76. The number of amides is 1. The van der Waals surface area contributed by atoms with Crippen LogP contribution in [0.2, 0.25) is 5.02 Å². The first-order valence-corrected chi connectivity index (χ1v) is 6.72. The van der Waals surface area contributed by atoms with Crippen LogP contribution in [0.25, 0.3) is 11.3 Å². The lowest BCUT2D eigenvalue weighted by Crippen LogP contribution is -2.26. The van der Waals surface area contributed by atoms with Crippen LogP contribution in [0, 0.1) is 0 Å². The summed E-state index contributed by atoms with van der Waals surface area (Å²) >= 11 is 6.08. The third kappa shape index (κ3) is 3.59. The zero-order chi connectivity index (χ0) is 14.5. The van der Waals surface area contributed by atoms with E-state index in [9.17, 15) is 4.79 Å². The maximum absolute atomic E-state index is 11.9. The second kappa shape index (κ2) is 6.54. The van der Waals surface area contributed by atoms with Crippen molar-refractivity contribution >= 4 is 17.5 Å². The smallest absolute Gasteiger partial charge is 0.269 e. The number of rotatable bonds is 5. The van der Waals surface area contributed by atoms with Crippen molar-refractivity contribution < 1.29 is 9.90 Å². The van der Waals surface area contributed by atoms with E-state index in [0.717, 1.165) is 5.56 Å². The number of benzene rings is 1. The molecule has 6 heteroatoms. The molecule has 3 N–H and O–H groups in total. The number of halogens is 1. The van der Waals surface area contributed by atoms with Gasteiger partial charge in [0.25, 0.3) is 5.91 Å². The van der Waals surface area contributed by atoms with Crippen molar-refractivity contribution in [1.29, 1.82) is 0 Å². The Balaban J connectivity index is 2.06. The van der Waals surface area contributed by atoms with Gasteiger partial charge in [-0.05, 0) is 25.5 Å². The molecule has 0 spiro atoms. The second-order valence-electron chi connectivity index (χ2n) is 4.54. The van der Waals surface area contributed by atoms with Gasteiger partial charge in [-0.3, -0.25) is 9.89 Å². The second-order valence-corrected chi connectivity index (χ2v) is 4.95. The zero-order valence-corrected chi connectivity index (χ0v) is 11.8. The van der Waals surface area contributed by atoms with Gasteiger partial charge in [0.05, 0.1) is 16.8 Å². The zero-order valence-electron chi connectivity index (χ0n) is 11.1. The molecule has 5 nitrogen and oxygen atoms in total. The molecule has 0 saturated heterocycles. The molecule has 0 aliphatic rings. The van der Waals surface area contributed by atoms with E-state index < -0.39 is 6.10 Å². The lowest BCUT2D eigenvalue weighted by molar-refractivity contribution is 0.0940. The van der Waals surface area contributed by atoms with Gasteiger partial charge < -0.3 is 10.4 Å². The monoisotopic (exact) mass is 293 g/mol. The number of nitrogens with one attached hydrogen (secondary N) is 2. The predicted molar refractivity (Wildman–Crippen MR) is 77.7 cm³/mol. The van der Waals surface area contributed by atoms with Gasteiger partial charge in [0.2, 0.25) is 0 Å². The number of carbonyl (C=O) groups excluding carboxylic acids is 1. The van der Waals surface area contributed by atoms with E-state index >= 15 is 0 Å². The van der Waals surface area contributed by atoms with Crippen LogP contribution in [0.4, 0.5) is 0 Å². The molecule has 1 amide bonds. The Morgan fingerprint density at radius 2 is 2.25 bits per heavy atom. The minimum absolute atomic E-state index is 0.253. The fourth-order valence-electron chi connectivity index (χ4n) is 1.73. The molecule has 0 aliphatic carbocycles. The lowest BCUT2D eigenvalue weighted by Gasteiger charge is -2.04. The number of H-pyrrole nitrogens is 1. The topological polar surface area (TPSA) is 78.0 Å². The highest BCUT2D eigenvalue weighted by molar-refractivity contribution is 6.33. The summed E-state index contributed by atoms with van der Waals surface area (Å²) in [6.45, 7) is 2.09. The van der Waals surface area contributed by atoms with E-state index in [2.05, 4.69) is 15.5 Å². The van der Waals surface area contributed by atoms with E-state index in [4.69, 9.17) is 16.7 Å². The highest BCUT2D eigenvalue weighted by atomic mass is 35.5. The van der Waals surface area contributed by atoms with Gasteiger partial charge >= 0.3 is 0 Å². The van der Waals surface area contributed by atoms with Crippen molar-refractivity contribution in [2.75, 3.05) is 6.54 Å². The van der Waals surface area contributed by atoms with Crippen LogP contribution in [-0.2, 0) is 0 Å². The summed E-state index contributed by atoms with van der Waals surface area (Å²) in [5, 5.41) is 19.2. The molecule has 0 radical (unpaired) electrons. The summed E-state index contributed by atoms with van der Waals surface area (Å²) < 4.78 is 0. The Kier molecular flexibility index (Phi) is 4.76. The molecule has 1 aromatic heterocycles. The van der Waals surface area contributed by atoms with E-state index in [1.54, 1.807) is 19.1 Å². The summed E-state index contributed by atoms with van der Waals surface area (Å²) in [7, 11) is 0. The number of hydrogen-bond donors (Lipinski definition) is 3. The lowest BCUT2D eigenvalue weighted by atomic mass is 10.1. The molecule has 0 aliphatic heterocycles. The normalized spacial score (nSPS) is 12.2. The third-order valence-corrected chi connectivity index (χ3v) is 3.15. The number of aliphatic hydroxyl groups is 1. The minimum atomic E-state index is -0.434. The van der Waals surface area contributed by atoms with Crippen molar-refractivity contribution in [1.82, 2.24) is 15.5 Å². The summed E-state index contributed by atoms with van der Waals surface area (Å²) in [6.07, 6.45) is 0.0767. The fraction of sp³-hybridized carbons (Fsp3) is 0.286. The largest absolute Gasteiger partial charge is 0.393 e. The van der Waals surface area contributed by atoms with Crippen LogP contribution < -0.4 is 5.32 Å². The van der Waals surface area contributed by atoms with Crippen molar-refractivity contribution in [3.8, 4) is 11.3 Å². The van der Waals surface area contributed by atoms with Gasteiger partial charge in [-0.15, -0.1) is 0 Å². The van der Waals surface area contributed by atoms with Crippen molar-refractivity contribution in [2.24, 2.45) is 0 Å². The maximum Gasteiger partial charge on any atom is 0.269 e. The summed E-state index contributed by atoms with van der Waals surface area (Å²) in [4.78, 5) is 11.9. The standard InChI is InChI=1S/C14H16ClN3O2/c1-9(19)6-7-16-14(20)13-8-12(17-18-13)10-4-2-3-5-11(10)15/h2-5,8-9,19H,6-7H2,1H3,(H,16,20)(H,17,18). The number of aliphatic hydroxyl groups excluding tert-OH is 1. The first-order valence-electron chi connectivity index (χ1n) is 6.34. The van der Waals surface area contributed by atoms with Crippen molar-refractivity contribution in [3.05, 3.63) is 41.0 Å². The summed E-state index contributed by atoms with van der Waals surface area (Å²) in [5.74, 6) is -0.253. The minimum Gasteiger partial charge on any atom is -0.393 e. The first kappa shape index (κ1) is 14.6. The van der Waals surface area contributed by atoms with Crippen LogP contribution in [0.1, 0.15) is 23.8 Å². The molecule has 1 atom stereocenters. The Hall–Kier alpha value is -1.85. The first-order chi connectivity index (χ1) is 9.58. The molecular weight excluding hydrogens is 278 g/mol. The molecule has 1 unspecified atom stereocenters.